The zero-order valence-corrected chi connectivity index (χ0v) is 15.2. The second-order valence-electron chi connectivity index (χ2n) is 6.57. The number of alkyl halides is 2. The van der Waals surface area contributed by atoms with Gasteiger partial charge in [-0.3, -0.25) is 10.1 Å². The smallest absolute Gasteiger partial charge is 0.341 e. The summed E-state index contributed by atoms with van der Waals surface area (Å²) in [5.41, 5.74) is -0.343. The zero-order chi connectivity index (χ0) is 19.8. The highest BCUT2D eigenvalue weighted by Gasteiger charge is 2.35. The molecule has 7 nitrogen and oxygen atoms in total. The minimum Gasteiger partial charge on any atom is -0.467 e. The maximum absolute atomic E-state index is 12.8. The molecule has 0 spiro atoms. The van der Waals surface area contributed by atoms with Gasteiger partial charge in [-0.1, -0.05) is 6.92 Å². The van der Waals surface area contributed by atoms with Crippen LogP contribution in [0.1, 0.15) is 31.6 Å². The highest BCUT2D eigenvalue weighted by Crippen LogP contribution is 2.42. The van der Waals surface area contributed by atoms with Crippen LogP contribution in [0.5, 0.6) is 0 Å². The Hall–Kier alpha value is -2.49. The normalized spacial score (nSPS) is 20.8. The van der Waals surface area contributed by atoms with Crippen LogP contribution in [0.15, 0.2) is 45.9 Å². The van der Waals surface area contributed by atoms with Crippen molar-refractivity contribution in [2.45, 2.75) is 36.5 Å². The van der Waals surface area contributed by atoms with Crippen LogP contribution in [0.3, 0.4) is 0 Å². The fourth-order valence-electron chi connectivity index (χ4n) is 3.35. The van der Waals surface area contributed by atoms with E-state index in [9.17, 15) is 27.3 Å². The summed E-state index contributed by atoms with van der Waals surface area (Å²) < 4.78 is 54.4. The van der Waals surface area contributed by atoms with Crippen molar-refractivity contribution in [2.75, 3.05) is 11.4 Å². The molecule has 2 aromatic rings. The predicted octanol–water partition coefficient (Wildman–Crippen LogP) is 4.16. The molecular formula is C17H18F2N2O5S. The Kier molecular flexibility index (Phi) is 5.18. The van der Waals surface area contributed by atoms with Crippen LogP contribution < -0.4 is 4.90 Å². The highest BCUT2D eigenvalue weighted by molar-refractivity contribution is 7.91. The molecule has 0 N–H and O–H groups in total. The van der Waals surface area contributed by atoms with Crippen molar-refractivity contribution < 1.29 is 26.5 Å². The number of benzene rings is 1. The molecule has 1 aromatic heterocycles. The van der Waals surface area contributed by atoms with Gasteiger partial charge in [0.1, 0.15) is 11.4 Å². The van der Waals surface area contributed by atoms with Gasteiger partial charge >= 0.3 is 5.76 Å². The van der Waals surface area contributed by atoms with Crippen LogP contribution in [-0.4, -0.2) is 25.6 Å². The molecule has 0 saturated carbocycles. The maximum Gasteiger partial charge on any atom is 0.341 e. The van der Waals surface area contributed by atoms with Gasteiger partial charge in [-0.05, 0) is 43.0 Å². The Morgan fingerprint density at radius 3 is 2.67 bits per heavy atom. The number of furan rings is 1. The van der Waals surface area contributed by atoms with Crippen molar-refractivity contribution in [3.8, 4) is 0 Å². The third-order valence-corrected chi connectivity index (χ3v) is 6.13. The van der Waals surface area contributed by atoms with Crippen LogP contribution >= 0.6 is 0 Å². The monoisotopic (exact) mass is 400 g/mol. The van der Waals surface area contributed by atoms with Crippen LogP contribution in [0.25, 0.3) is 0 Å². The summed E-state index contributed by atoms with van der Waals surface area (Å²) in [4.78, 5) is 11.8. The molecule has 1 aliphatic rings. The largest absolute Gasteiger partial charge is 0.467 e. The molecule has 27 heavy (non-hydrogen) atoms. The van der Waals surface area contributed by atoms with Gasteiger partial charge in [0, 0.05) is 12.6 Å². The molecule has 2 heterocycles. The Morgan fingerprint density at radius 1 is 1.33 bits per heavy atom. The molecule has 0 bridgehead atoms. The van der Waals surface area contributed by atoms with Gasteiger partial charge < -0.3 is 9.32 Å². The standard InChI is InChI=1S/C17H18F2N2O5S/c1-11-6-7-20(15(9-11)16-3-2-8-26-16)13-5-4-12(10-14(13)21(22)23)27(24,25)17(18)19/h2-5,8,10-11,15,17H,6-7,9H2,1H3. The third kappa shape index (κ3) is 3.66. The summed E-state index contributed by atoms with van der Waals surface area (Å²) in [6.07, 6.45) is 2.99. The van der Waals surface area contributed by atoms with E-state index in [1.165, 1.54) is 12.3 Å². The highest BCUT2D eigenvalue weighted by atomic mass is 32.2. The van der Waals surface area contributed by atoms with E-state index in [-0.39, 0.29) is 11.7 Å². The number of halogens is 2. The average Bonchev–Trinajstić information content (AvgIpc) is 3.15. The lowest BCUT2D eigenvalue weighted by Gasteiger charge is -2.38. The number of nitro benzene ring substituents is 1. The quantitative estimate of drug-likeness (QED) is 0.553. The summed E-state index contributed by atoms with van der Waals surface area (Å²) in [6.45, 7) is 2.56. The van der Waals surface area contributed by atoms with Crippen LogP contribution in [0.2, 0.25) is 0 Å². The van der Waals surface area contributed by atoms with E-state index >= 15 is 0 Å². The lowest BCUT2D eigenvalue weighted by molar-refractivity contribution is -0.384. The van der Waals surface area contributed by atoms with E-state index in [1.807, 2.05) is 0 Å². The molecule has 1 fully saturated rings. The molecule has 3 rings (SSSR count). The van der Waals surface area contributed by atoms with Crippen molar-refractivity contribution in [2.24, 2.45) is 5.92 Å². The number of nitro groups is 1. The van der Waals surface area contributed by atoms with Crippen molar-refractivity contribution in [3.05, 3.63) is 52.5 Å². The number of hydrogen-bond donors (Lipinski definition) is 0. The topological polar surface area (TPSA) is 93.7 Å². The minimum absolute atomic E-state index is 0.182. The number of hydrogen-bond acceptors (Lipinski definition) is 6. The zero-order valence-electron chi connectivity index (χ0n) is 14.4. The second kappa shape index (κ2) is 7.26. The first-order valence-electron chi connectivity index (χ1n) is 8.32. The summed E-state index contributed by atoms with van der Waals surface area (Å²) in [5, 5.41) is 11.5. The van der Waals surface area contributed by atoms with Crippen LogP contribution in [-0.2, 0) is 9.84 Å². The molecular weight excluding hydrogens is 382 g/mol. The van der Waals surface area contributed by atoms with Gasteiger partial charge in [0.25, 0.3) is 5.69 Å². The van der Waals surface area contributed by atoms with Crippen LogP contribution in [0, 0.1) is 16.0 Å². The van der Waals surface area contributed by atoms with Crippen molar-refractivity contribution in [1.29, 1.82) is 0 Å². The van der Waals surface area contributed by atoms with Crippen molar-refractivity contribution in [3.63, 3.8) is 0 Å². The predicted molar refractivity (Wildman–Crippen MR) is 93.5 cm³/mol. The van der Waals surface area contributed by atoms with E-state index < -0.39 is 31.1 Å². The molecule has 1 aromatic carbocycles. The number of sulfone groups is 1. The van der Waals surface area contributed by atoms with Crippen molar-refractivity contribution in [1.82, 2.24) is 0 Å². The van der Waals surface area contributed by atoms with E-state index in [1.54, 1.807) is 17.0 Å². The number of rotatable bonds is 5. The molecule has 1 aliphatic heterocycles. The SMILES string of the molecule is CC1CCN(c2ccc(S(=O)(=O)C(F)F)cc2[N+](=O)[O-])C(c2ccco2)C1. The van der Waals surface area contributed by atoms with E-state index in [4.69, 9.17) is 4.42 Å². The van der Waals surface area contributed by atoms with E-state index in [0.717, 1.165) is 12.5 Å². The van der Waals surface area contributed by atoms with Crippen molar-refractivity contribution >= 4 is 21.2 Å². The van der Waals surface area contributed by atoms with Gasteiger partial charge in [-0.15, -0.1) is 0 Å². The Balaban J connectivity index is 2.08. The van der Waals surface area contributed by atoms with Gasteiger partial charge in [0.2, 0.25) is 9.84 Å². The number of piperidine rings is 1. The molecule has 2 atom stereocenters. The minimum atomic E-state index is -4.92. The van der Waals surface area contributed by atoms with Gasteiger partial charge in [-0.25, -0.2) is 8.42 Å². The summed E-state index contributed by atoms with van der Waals surface area (Å²) in [6, 6.07) is 6.14. The lowest BCUT2D eigenvalue weighted by atomic mass is 9.90. The summed E-state index contributed by atoms with van der Waals surface area (Å²) >= 11 is 0. The molecule has 10 heteroatoms. The molecule has 0 aliphatic carbocycles. The lowest BCUT2D eigenvalue weighted by Crippen LogP contribution is -2.36. The molecule has 2 unspecified atom stereocenters. The maximum atomic E-state index is 12.8. The first-order chi connectivity index (χ1) is 12.7. The van der Waals surface area contributed by atoms with Gasteiger partial charge in [0.15, 0.2) is 0 Å². The number of anilines is 1. The van der Waals surface area contributed by atoms with Crippen LogP contribution in [0.4, 0.5) is 20.2 Å². The number of nitrogens with zero attached hydrogens (tertiary/aromatic N) is 2. The fraction of sp³-hybridized carbons (Fsp3) is 0.412. The molecule has 0 radical (unpaired) electrons. The Morgan fingerprint density at radius 2 is 2.07 bits per heavy atom. The molecule has 146 valence electrons. The van der Waals surface area contributed by atoms with Gasteiger partial charge in [-0.2, -0.15) is 8.78 Å². The molecule has 1 saturated heterocycles. The van der Waals surface area contributed by atoms with Gasteiger partial charge in [0.05, 0.1) is 22.1 Å². The average molecular weight is 400 g/mol. The van der Waals surface area contributed by atoms with E-state index in [0.29, 0.717) is 30.7 Å². The third-order valence-electron chi connectivity index (χ3n) is 4.75. The summed E-state index contributed by atoms with van der Waals surface area (Å²) in [5.74, 6) is -2.64. The second-order valence-corrected chi connectivity index (χ2v) is 8.49. The fourth-order valence-corrected chi connectivity index (χ4v) is 4.09. The molecule has 0 amide bonds. The first kappa shape index (κ1) is 19.3. The first-order valence-corrected chi connectivity index (χ1v) is 9.87. The summed E-state index contributed by atoms with van der Waals surface area (Å²) in [7, 11) is -4.92. The Labute approximate surface area is 154 Å². The Bertz CT molecular complexity index is 931. The van der Waals surface area contributed by atoms with E-state index in [2.05, 4.69) is 6.92 Å².